The van der Waals surface area contributed by atoms with Gasteiger partial charge >= 0.3 is 0 Å². The van der Waals surface area contributed by atoms with Gasteiger partial charge in [0.25, 0.3) is 0 Å². The molecule has 38 heavy (non-hydrogen) atoms. The summed E-state index contributed by atoms with van der Waals surface area (Å²) < 4.78 is 0. The number of hydrogen-bond donors (Lipinski definition) is 1. The van der Waals surface area contributed by atoms with Gasteiger partial charge in [0.05, 0.1) is 6.07 Å². The number of rotatable bonds is 5. The Hall–Kier alpha value is -4.97. The minimum absolute atomic E-state index is 0.695. The Bertz CT molecular complexity index is 1850. The maximum absolute atomic E-state index is 9.28. The molecule has 0 heterocycles. The molecular formula is C36H26N2. The lowest BCUT2D eigenvalue weighted by molar-refractivity contribution is 1.04. The van der Waals surface area contributed by atoms with Crippen LogP contribution in [0.1, 0.15) is 5.56 Å². The van der Waals surface area contributed by atoms with Crippen molar-refractivity contribution < 1.29 is 0 Å². The van der Waals surface area contributed by atoms with Crippen LogP contribution in [-0.4, -0.2) is 6.04 Å². The van der Waals surface area contributed by atoms with Crippen molar-refractivity contribution >= 4 is 37.9 Å². The highest BCUT2D eigenvalue weighted by Crippen LogP contribution is 2.45. The van der Waals surface area contributed by atoms with E-state index in [1.165, 1.54) is 43.8 Å². The topological polar surface area (TPSA) is 49.8 Å². The summed E-state index contributed by atoms with van der Waals surface area (Å²) in [5.41, 5.74) is 12.7. The summed E-state index contributed by atoms with van der Waals surface area (Å²) >= 11 is 0. The first-order chi connectivity index (χ1) is 18.7. The third kappa shape index (κ3) is 3.87. The Morgan fingerprint density at radius 1 is 0.632 bits per heavy atom. The van der Waals surface area contributed by atoms with E-state index in [2.05, 4.69) is 128 Å². The summed E-state index contributed by atoms with van der Waals surface area (Å²) in [5, 5.41) is 16.4. The molecule has 0 fully saturated rings. The molecule has 0 amide bonds. The van der Waals surface area contributed by atoms with E-state index in [4.69, 9.17) is 5.73 Å². The van der Waals surface area contributed by atoms with E-state index in [1.54, 1.807) is 12.2 Å². The zero-order chi connectivity index (χ0) is 26.1. The molecule has 0 saturated heterocycles. The van der Waals surface area contributed by atoms with E-state index in [-0.39, 0.29) is 0 Å². The number of hydrogen-bond acceptors (Lipinski definition) is 2. The molecule has 6 aromatic carbocycles. The second kappa shape index (κ2) is 9.82. The highest BCUT2D eigenvalue weighted by molar-refractivity contribution is 6.23. The largest absolute Gasteiger partial charge is 0.313 e. The summed E-state index contributed by atoms with van der Waals surface area (Å²) in [6.07, 6.45) is 3.55. The number of nitrogens with two attached hydrogens (primary N) is 1. The SMILES string of the molecule is C=C/C(=C\C(N)C#N)c1ccc(-c2c3ccccc3c(-c3ccccc3)c3ccccc23)c2ccccc12. The van der Waals surface area contributed by atoms with Crippen molar-refractivity contribution in [1.82, 2.24) is 0 Å². The Labute approximate surface area is 222 Å². The van der Waals surface area contributed by atoms with Crippen molar-refractivity contribution in [2.24, 2.45) is 5.73 Å². The molecule has 2 N–H and O–H groups in total. The number of nitriles is 1. The first-order valence-corrected chi connectivity index (χ1v) is 12.7. The zero-order valence-electron chi connectivity index (χ0n) is 20.9. The van der Waals surface area contributed by atoms with Crippen LogP contribution < -0.4 is 5.73 Å². The van der Waals surface area contributed by atoms with Crippen LogP contribution >= 0.6 is 0 Å². The Kier molecular flexibility index (Phi) is 6.06. The first-order valence-electron chi connectivity index (χ1n) is 12.7. The molecule has 0 radical (unpaired) electrons. The maximum Gasteiger partial charge on any atom is 0.112 e. The van der Waals surface area contributed by atoms with Crippen LogP contribution in [0.2, 0.25) is 0 Å². The average Bonchev–Trinajstić information content (AvgIpc) is 2.98. The van der Waals surface area contributed by atoms with E-state index in [9.17, 15) is 5.26 Å². The molecule has 0 bridgehead atoms. The predicted molar refractivity (Wildman–Crippen MR) is 162 cm³/mol. The number of benzene rings is 6. The van der Waals surface area contributed by atoms with Crippen molar-refractivity contribution in [2.45, 2.75) is 6.04 Å². The fraction of sp³-hybridized carbons (Fsp3) is 0.0278. The molecule has 0 saturated carbocycles. The quantitative estimate of drug-likeness (QED) is 0.195. The van der Waals surface area contributed by atoms with E-state index in [0.29, 0.717) is 0 Å². The Morgan fingerprint density at radius 2 is 1.13 bits per heavy atom. The van der Waals surface area contributed by atoms with E-state index < -0.39 is 6.04 Å². The monoisotopic (exact) mass is 486 g/mol. The van der Waals surface area contributed by atoms with Gasteiger partial charge in [-0.25, -0.2) is 0 Å². The summed E-state index contributed by atoms with van der Waals surface area (Å²) in [7, 11) is 0. The van der Waals surface area contributed by atoms with Gasteiger partial charge in [-0.05, 0) is 71.8 Å². The van der Waals surface area contributed by atoms with Gasteiger partial charge in [0, 0.05) is 0 Å². The predicted octanol–water partition coefficient (Wildman–Crippen LogP) is 8.90. The van der Waals surface area contributed by atoms with Gasteiger partial charge in [-0.15, -0.1) is 0 Å². The molecule has 6 rings (SSSR count). The molecule has 0 spiro atoms. The lowest BCUT2D eigenvalue weighted by Crippen LogP contribution is -2.13. The van der Waals surface area contributed by atoms with Crippen molar-refractivity contribution in [3.8, 4) is 28.3 Å². The lowest BCUT2D eigenvalue weighted by Gasteiger charge is -2.19. The highest BCUT2D eigenvalue weighted by Gasteiger charge is 2.18. The van der Waals surface area contributed by atoms with Gasteiger partial charge in [0.2, 0.25) is 0 Å². The van der Waals surface area contributed by atoms with Crippen molar-refractivity contribution in [1.29, 1.82) is 5.26 Å². The molecule has 0 aromatic heterocycles. The Balaban J connectivity index is 1.73. The molecule has 6 aromatic rings. The molecule has 0 aliphatic carbocycles. The van der Waals surface area contributed by atoms with Crippen LogP contribution in [0.3, 0.4) is 0 Å². The van der Waals surface area contributed by atoms with Crippen molar-refractivity contribution in [3.05, 3.63) is 140 Å². The van der Waals surface area contributed by atoms with Gasteiger partial charge in [0.1, 0.15) is 6.04 Å². The van der Waals surface area contributed by atoms with Gasteiger partial charge in [-0.2, -0.15) is 5.26 Å². The normalized spacial score (nSPS) is 12.5. The van der Waals surface area contributed by atoms with Crippen molar-refractivity contribution in [3.63, 3.8) is 0 Å². The molecule has 1 unspecified atom stereocenters. The molecular weight excluding hydrogens is 460 g/mol. The van der Waals surface area contributed by atoms with Crippen LogP contribution in [-0.2, 0) is 0 Å². The summed E-state index contributed by atoms with van der Waals surface area (Å²) in [4.78, 5) is 0. The van der Waals surface area contributed by atoms with Gasteiger partial charge in [0.15, 0.2) is 0 Å². The fourth-order valence-corrected chi connectivity index (χ4v) is 5.60. The fourth-order valence-electron chi connectivity index (χ4n) is 5.60. The van der Waals surface area contributed by atoms with Gasteiger partial charge < -0.3 is 5.73 Å². The molecule has 1 atom stereocenters. The van der Waals surface area contributed by atoms with Crippen LogP contribution in [0.15, 0.2) is 134 Å². The Morgan fingerprint density at radius 3 is 1.68 bits per heavy atom. The molecule has 0 aliphatic heterocycles. The van der Waals surface area contributed by atoms with Crippen molar-refractivity contribution in [2.75, 3.05) is 0 Å². The first kappa shape index (κ1) is 23.4. The van der Waals surface area contributed by atoms with E-state index >= 15 is 0 Å². The van der Waals surface area contributed by atoms with Crippen LogP contribution in [0.5, 0.6) is 0 Å². The van der Waals surface area contributed by atoms with Crippen LogP contribution in [0.25, 0.3) is 60.1 Å². The third-order valence-electron chi connectivity index (χ3n) is 7.23. The van der Waals surface area contributed by atoms with E-state index in [1.807, 2.05) is 0 Å². The maximum atomic E-state index is 9.28. The number of nitrogens with zero attached hydrogens (tertiary/aromatic N) is 1. The summed E-state index contributed by atoms with van der Waals surface area (Å²) in [6, 6.07) is 42.2. The minimum atomic E-state index is -0.695. The second-order valence-electron chi connectivity index (χ2n) is 9.39. The second-order valence-corrected chi connectivity index (χ2v) is 9.39. The molecule has 2 nitrogen and oxygen atoms in total. The van der Waals surface area contributed by atoms with E-state index in [0.717, 1.165) is 21.9 Å². The number of fused-ring (bicyclic) bond motifs is 3. The third-order valence-corrected chi connectivity index (χ3v) is 7.23. The van der Waals surface area contributed by atoms with Gasteiger partial charge in [-0.1, -0.05) is 128 Å². The lowest BCUT2D eigenvalue weighted by atomic mass is 9.83. The standard InChI is InChI=1S/C36H26N2/c1-2-24(22-26(38)23-37)27-20-21-34(29-15-7-6-14-28(27)29)36-32-18-10-8-16-30(32)35(25-12-4-3-5-13-25)31-17-9-11-19-33(31)36/h2-22,26H,1,38H2/b24-22+. The zero-order valence-corrected chi connectivity index (χ0v) is 20.9. The smallest absolute Gasteiger partial charge is 0.112 e. The summed E-state index contributed by atoms with van der Waals surface area (Å²) in [6.45, 7) is 4.00. The summed E-state index contributed by atoms with van der Waals surface area (Å²) in [5.74, 6) is 0. The van der Waals surface area contributed by atoms with Gasteiger partial charge in [-0.3, -0.25) is 0 Å². The molecule has 180 valence electrons. The van der Waals surface area contributed by atoms with Crippen LogP contribution in [0, 0.1) is 11.3 Å². The molecule has 0 aliphatic rings. The highest BCUT2D eigenvalue weighted by atomic mass is 14.6. The molecule has 2 heteroatoms. The number of allylic oxidation sites excluding steroid dienone is 2. The average molecular weight is 487 g/mol. The van der Waals surface area contributed by atoms with Crippen LogP contribution in [0.4, 0.5) is 0 Å². The minimum Gasteiger partial charge on any atom is -0.313 e.